The van der Waals surface area contributed by atoms with Crippen LogP contribution in [0.15, 0.2) is 55.2 Å². The summed E-state index contributed by atoms with van der Waals surface area (Å²) in [6.07, 6.45) is 9.35. The van der Waals surface area contributed by atoms with Crippen molar-refractivity contribution in [1.82, 2.24) is 4.98 Å². The van der Waals surface area contributed by atoms with E-state index in [1.807, 2.05) is 12.3 Å². The molecule has 0 atom stereocenters. The Bertz CT molecular complexity index is 625. The van der Waals surface area contributed by atoms with Crippen LogP contribution in [-0.4, -0.2) is 11.0 Å². The van der Waals surface area contributed by atoms with Crippen LogP contribution < -0.4 is 4.90 Å². The highest BCUT2D eigenvalue weighted by molar-refractivity contribution is 5.77. The molecule has 1 heterocycles. The third-order valence-corrected chi connectivity index (χ3v) is 4.82. The van der Waals surface area contributed by atoms with Crippen LogP contribution in [0.3, 0.4) is 0 Å². The van der Waals surface area contributed by atoms with Gasteiger partial charge < -0.3 is 4.90 Å². The van der Waals surface area contributed by atoms with E-state index in [9.17, 15) is 0 Å². The molecule has 0 aliphatic heterocycles. The van der Waals surface area contributed by atoms with E-state index in [0.29, 0.717) is 6.04 Å². The Labute approximate surface area is 139 Å². The third kappa shape index (κ3) is 3.64. The summed E-state index contributed by atoms with van der Waals surface area (Å²) in [6.45, 7) is 6.60. The molecule has 2 nitrogen and oxygen atoms in total. The summed E-state index contributed by atoms with van der Waals surface area (Å²) in [6, 6.07) is 15.4. The van der Waals surface area contributed by atoms with Gasteiger partial charge in [-0.15, -0.1) is 0 Å². The number of benzene rings is 1. The van der Waals surface area contributed by atoms with Crippen molar-refractivity contribution < 1.29 is 0 Å². The second-order valence-corrected chi connectivity index (χ2v) is 6.35. The van der Waals surface area contributed by atoms with Crippen LogP contribution in [0.25, 0.3) is 5.70 Å². The third-order valence-electron chi connectivity index (χ3n) is 4.82. The van der Waals surface area contributed by atoms with Gasteiger partial charge in [0.25, 0.3) is 0 Å². The molecule has 120 valence electrons. The van der Waals surface area contributed by atoms with E-state index < -0.39 is 0 Å². The first-order valence-corrected chi connectivity index (χ1v) is 8.78. The molecule has 2 heteroatoms. The number of hydrogen-bond donors (Lipinski definition) is 0. The van der Waals surface area contributed by atoms with Crippen molar-refractivity contribution in [3.05, 3.63) is 66.4 Å². The summed E-state index contributed by atoms with van der Waals surface area (Å²) < 4.78 is 0. The minimum absolute atomic E-state index is 0.511. The molecule has 1 aliphatic carbocycles. The molecule has 1 aliphatic rings. The smallest absolute Gasteiger partial charge is 0.133 e. The fourth-order valence-electron chi connectivity index (χ4n) is 3.45. The molecule has 0 saturated heterocycles. The van der Waals surface area contributed by atoms with Gasteiger partial charge in [0.05, 0.1) is 0 Å². The summed E-state index contributed by atoms with van der Waals surface area (Å²) in [5, 5.41) is 0. The van der Waals surface area contributed by atoms with Gasteiger partial charge in [0.1, 0.15) is 5.82 Å². The molecule has 2 aromatic rings. The van der Waals surface area contributed by atoms with Gasteiger partial charge in [0.15, 0.2) is 0 Å². The normalized spacial score (nSPS) is 15.3. The van der Waals surface area contributed by atoms with Crippen molar-refractivity contribution in [3.63, 3.8) is 0 Å². The Morgan fingerprint density at radius 2 is 1.83 bits per heavy atom. The molecule has 1 saturated carbocycles. The molecule has 1 aromatic heterocycles. The lowest BCUT2D eigenvalue weighted by molar-refractivity contribution is 0.436. The first-order chi connectivity index (χ1) is 11.3. The number of aryl methyl sites for hydroxylation is 1. The number of pyridine rings is 1. The van der Waals surface area contributed by atoms with Gasteiger partial charge in [-0.1, -0.05) is 63.1 Å². The molecular weight excluding hydrogens is 280 g/mol. The molecule has 0 bridgehead atoms. The largest absolute Gasteiger partial charge is 0.323 e. The quantitative estimate of drug-likeness (QED) is 0.729. The molecular formula is C21H26N2. The number of rotatable bonds is 5. The van der Waals surface area contributed by atoms with Crippen molar-refractivity contribution in [1.29, 1.82) is 0 Å². The molecule has 0 amide bonds. The fourth-order valence-corrected chi connectivity index (χ4v) is 3.45. The Hall–Kier alpha value is -2.09. The molecule has 0 N–H and O–H groups in total. The second kappa shape index (κ2) is 7.45. The topological polar surface area (TPSA) is 16.1 Å². The van der Waals surface area contributed by atoms with Crippen molar-refractivity contribution in [2.45, 2.75) is 51.5 Å². The fraction of sp³-hybridized carbons (Fsp3) is 0.381. The molecule has 3 rings (SSSR count). The summed E-state index contributed by atoms with van der Waals surface area (Å²) in [5.74, 6) is 1.02. The monoisotopic (exact) mass is 306 g/mol. The predicted octanol–water partition coefficient (Wildman–Crippen LogP) is 5.45. The van der Waals surface area contributed by atoms with Crippen LogP contribution in [0, 0.1) is 0 Å². The molecule has 1 fully saturated rings. The van der Waals surface area contributed by atoms with Crippen molar-refractivity contribution in [2.24, 2.45) is 0 Å². The number of hydrogen-bond acceptors (Lipinski definition) is 2. The lowest BCUT2D eigenvalue weighted by Crippen LogP contribution is -2.35. The zero-order valence-electron chi connectivity index (χ0n) is 14.0. The zero-order chi connectivity index (χ0) is 16.1. The Morgan fingerprint density at radius 1 is 1.09 bits per heavy atom. The summed E-state index contributed by atoms with van der Waals surface area (Å²) in [4.78, 5) is 6.96. The Kier molecular flexibility index (Phi) is 5.12. The maximum absolute atomic E-state index is 4.60. The Balaban J connectivity index is 1.91. The first-order valence-electron chi connectivity index (χ1n) is 8.78. The predicted molar refractivity (Wildman–Crippen MR) is 98.4 cm³/mol. The molecule has 23 heavy (non-hydrogen) atoms. The SMILES string of the molecule is C=C(c1ccc(CC)cc1)N(c1ccccn1)C1CCCCC1. The maximum Gasteiger partial charge on any atom is 0.133 e. The van der Waals surface area contributed by atoms with E-state index >= 15 is 0 Å². The lowest BCUT2D eigenvalue weighted by Gasteiger charge is -2.36. The highest BCUT2D eigenvalue weighted by Crippen LogP contribution is 2.32. The average Bonchev–Trinajstić information content (AvgIpc) is 2.64. The van der Waals surface area contributed by atoms with Crippen LogP contribution in [0.5, 0.6) is 0 Å². The standard InChI is InChI=1S/C21H26N2/c1-3-18-12-14-19(15-13-18)17(2)23(20-9-5-4-6-10-20)21-11-7-8-16-22-21/h7-8,11-16,20H,2-6,9-10H2,1H3. The van der Waals surface area contributed by atoms with Crippen LogP contribution in [0.2, 0.25) is 0 Å². The summed E-state index contributed by atoms with van der Waals surface area (Å²) in [5.41, 5.74) is 3.63. The number of anilines is 1. The minimum atomic E-state index is 0.511. The Morgan fingerprint density at radius 3 is 2.43 bits per heavy atom. The van der Waals surface area contributed by atoms with E-state index in [4.69, 9.17) is 0 Å². The van der Waals surface area contributed by atoms with Gasteiger partial charge in [0, 0.05) is 17.9 Å². The van der Waals surface area contributed by atoms with Gasteiger partial charge in [-0.2, -0.15) is 0 Å². The van der Waals surface area contributed by atoms with Crippen LogP contribution in [0.4, 0.5) is 5.82 Å². The van der Waals surface area contributed by atoms with Gasteiger partial charge in [-0.3, -0.25) is 0 Å². The van der Waals surface area contributed by atoms with E-state index in [-0.39, 0.29) is 0 Å². The van der Waals surface area contributed by atoms with Crippen molar-refractivity contribution in [2.75, 3.05) is 4.90 Å². The summed E-state index contributed by atoms with van der Waals surface area (Å²) >= 11 is 0. The van der Waals surface area contributed by atoms with Gasteiger partial charge in [-0.25, -0.2) is 4.98 Å². The first kappa shape index (κ1) is 15.8. The van der Waals surface area contributed by atoms with Gasteiger partial charge >= 0.3 is 0 Å². The molecule has 0 radical (unpaired) electrons. The highest BCUT2D eigenvalue weighted by atomic mass is 15.2. The number of aromatic nitrogens is 1. The van der Waals surface area contributed by atoms with Crippen molar-refractivity contribution in [3.8, 4) is 0 Å². The van der Waals surface area contributed by atoms with Crippen LogP contribution in [0.1, 0.15) is 50.2 Å². The number of nitrogens with zero attached hydrogens (tertiary/aromatic N) is 2. The van der Waals surface area contributed by atoms with Crippen molar-refractivity contribution >= 4 is 11.5 Å². The molecule has 0 unspecified atom stereocenters. The molecule has 0 spiro atoms. The molecule has 1 aromatic carbocycles. The van der Waals surface area contributed by atoms with E-state index in [1.54, 1.807) is 0 Å². The lowest BCUT2D eigenvalue weighted by atomic mass is 9.93. The van der Waals surface area contributed by atoms with E-state index in [0.717, 1.165) is 17.9 Å². The average molecular weight is 306 g/mol. The zero-order valence-corrected chi connectivity index (χ0v) is 14.0. The van der Waals surface area contributed by atoms with Gasteiger partial charge in [-0.05, 0) is 42.5 Å². The van der Waals surface area contributed by atoms with Crippen LogP contribution in [-0.2, 0) is 6.42 Å². The maximum atomic E-state index is 4.60. The van der Waals surface area contributed by atoms with Gasteiger partial charge in [0.2, 0.25) is 0 Å². The highest BCUT2D eigenvalue weighted by Gasteiger charge is 2.25. The second-order valence-electron chi connectivity index (χ2n) is 6.35. The summed E-state index contributed by atoms with van der Waals surface area (Å²) in [7, 11) is 0. The van der Waals surface area contributed by atoms with E-state index in [1.165, 1.54) is 43.2 Å². The van der Waals surface area contributed by atoms with Crippen LogP contribution >= 0.6 is 0 Å². The minimum Gasteiger partial charge on any atom is -0.323 e. The van der Waals surface area contributed by atoms with E-state index in [2.05, 4.69) is 59.8 Å².